The average Bonchev–Trinajstić information content (AvgIpc) is 2.81. The topological polar surface area (TPSA) is 60.5 Å². The molecule has 1 N–H and O–H groups in total. The number of carbonyl (C=O) groups is 1. The van der Waals surface area contributed by atoms with Crippen molar-refractivity contribution in [1.82, 2.24) is 10.3 Å². The van der Waals surface area contributed by atoms with Gasteiger partial charge in [0.1, 0.15) is 18.4 Å². The lowest BCUT2D eigenvalue weighted by Crippen LogP contribution is -2.32. The molecule has 2 atom stereocenters. The second-order valence-electron chi connectivity index (χ2n) is 5.09. The minimum Gasteiger partial charge on any atom is -0.488 e. The molecule has 0 unspecified atom stereocenters. The quantitative estimate of drug-likeness (QED) is 0.943. The van der Waals surface area contributed by atoms with E-state index >= 15 is 0 Å². The highest BCUT2D eigenvalue weighted by atomic mass is 16.5. The molecule has 1 amide bonds. The molecule has 0 fully saturated rings. The number of hydrogen-bond acceptors (Lipinski definition) is 4. The summed E-state index contributed by atoms with van der Waals surface area (Å²) in [5, 5.41) is 2.69. The number of ether oxygens (including phenoxy) is 2. The fraction of sp³-hybridized carbons (Fsp3) is 0.294. The summed E-state index contributed by atoms with van der Waals surface area (Å²) in [6.07, 6.45) is -0.0256. The maximum Gasteiger partial charge on any atom is 0.407 e. The van der Waals surface area contributed by atoms with Gasteiger partial charge in [0, 0.05) is 12.7 Å². The second kappa shape index (κ2) is 6.47. The highest BCUT2D eigenvalue weighted by Gasteiger charge is 2.32. The maximum absolute atomic E-state index is 11.8. The number of carbonyl (C=O) groups excluding carboxylic acids is 1. The summed E-state index contributed by atoms with van der Waals surface area (Å²) >= 11 is 0. The summed E-state index contributed by atoms with van der Waals surface area (Å²) < 4.78 is 19.0. The Balaban J connectivity index is 1.56. The number of amides is 1. The van der Waals surface area contributed by atoms with Crippen molar-refractivity contribution < 1.29 is 15.6 Å². The monoisotopic (exact) mass is 299 g/mol. The molecule has 114 valence electrons. The van der Waals surface area contributed by atoms with Crippen molar-refractivity contribution in [3.8, 4) is 5.75 Å². The van der Waals surface area contributed by atoms with Crippen molar-refractivity contribution in [2.45, 2.75) is 25.5 Å². The van der Waals surface area contributed by atoms with E-state index in [1.54, 1.807) is 25.3 Å². The Bertz CT molecular complexity index is 691. The number of nitrogens with zero attached hydrogens (tertiary/aromatic N) is 1. The van der Waals surface area contributed by atoms with Crippen LogP contribution in [0.1, 0.15) is 25.5 Å². The molecule has 2 aromatic rings. The van der Waals surface area contributed by atoms with Crippen LogP contribution in [0, 0.1) is 0 Å². The normalized spacial score (nSPS) is 23.1. The number of alkyl carbamates (subject to hydrolysis) is 1. The van der Waals surface area contributed by atoms with Gasteiger partial charge in [-0.25, -0.2) is 4.79 Å². The minimum absolute atomic E-state index is 0.209. The molecule has 3 rings (SSSR count). The number of nitrogens with one attached hydrogen (secondary N) is 1. The van der Waals surface area contributed by atoms with E-state index in [9.17, 15) is 4.79 Å². The van der Waals surface area contributed by atoms with E-state index in [-0.39, 0.29) is 19.1 Å². The van der Waals surface area contributed by atoms with Gasteiger partial charge in [0.2, 0.25) is 0 Å². The maximum atomic E-state index is 11.8. The van der Waals surface area contributed by atoms with Crippen LogP contribution in [0.3, 0.4) is 0 Å². The number of benzene rings is 1. The van der Waals surface area contributed by atoms with Gasteiger partial charge >= 0.3 is 6.09 Å². The molecule has 0 saturated heterocycles. The van der Waals surface area contributed by atoms with Gasteiger partial charge in [-0.05, 0) is 24.6 Å². The number of rotatable bonds is 4. The van der Waals surface area contributed by atoms with Gasteiger partial charge in [0.25, 0.3) is 0 Å². The van der Waals surface area contributed by atoms with Crippen LogP contribution in [-0.2, 0) is 11.3 Å². The van der Waals surface area contributed by atoms with E-state index in [1.165, 1.54) is 0 Å². The van der Waals surface area contributed by atoms with Crippen molar-refractivity contribution in [2.75, 3.05) is 6.54 Å². The lowest BCUT2D eigenvalue weighted by molar-refractivity contribution is 0.137. The first-order valence-corrected chi connectivity index (χ1v) is 7.15. The smallest absolute Gasteiger partial charge is 0.407 e. The van der Waals surface area contributed by atoms with Gasteiger partial charge in [-0.2, -0.15) is 0 Å². The third kappa shape index (κ3) is 3.19. The fourth-order valence-electron chi connectivity index (χ4n) is 2.39. The summed E-state index contributed by atoms with van der Waals surface area (Å²) in [5.41, 5.74) is 1.61. The molecule has 2 heterocycles. The highest BCUT2D eigenvalue weighted by molar-refractivity contribution is 5.67. The molecule has 0 saturated carbocycles. The van der Waals surface area contributed by atoms with Crippen molar-refractivity contribution in [3.05, 3.63) is 59.9 Å². The predicted octanol–water partition coefficient (Wildman–Crippen LogP) is 2.87. The molecular weight excluding hydrogens is 280 g/mol. The Morgan fingerprint density at radius 3 is 3.00 bits per heavy atom. The molecule has 1 aliphatic rings. The number of aromatic nitrogens is 1. The number of hydrogen-bond donors (Lipinski definition) is 1. The first kappa shape index (κ1) is 13.1. The zero-order valence-corrected chi connectivity index (χ0v) is 12.3. The number of fused-ring (bicyclic) bond motifs is 1. The van der Waals surface area contributed by atoms with E-state index in [0.717, 1.165) is 5.56 Å². The summed E-state index contributed by atoms with van der Waals surface area (Å²) in [7, 11) is 0. The molecule has 0 aliphatic carbocycles. The Kier molecular flexibility index (Phi) is 3.86. The predicted molar refractivity (Wildman–Crippen MR) is 81.7 cm³/mol. The van der Waals surface area contributed by atoms with Crippen LogP contribution in [-0.4, -0.2) is 23.7 Å². The van der Waals surface area contributed by atoms with Crippen LogP contribution in [0.2, 0.25) is 0 Å². The molecule has 1 aromatic carbocycles. The van der Waals surface area contributed by atoms with Crippen LogP contribution in [0.15, 0.2) is 48.7 Å². The van der Waals surface area contributed by atoms with Crippen molar-refractivity contribution in [3.63, 3.8) is 0 Å². The molecule has 0 bridgehead atoms. The van der Waals surface area contributed by atoms with E-state index in [4.69, 9.17) is 10.8 Å². The summed E-state index contributed by atoms with van der Waals surface area (Å²) in [4.78, 5) is 16.1. The molecular formula is C17H18N2O3. The van der Waals surface area contributed by atoms with E-state index < -0.39 is 12.2 Å². The Hall–Kier alpha value is -2.56. The van der Waals surface area contributed by atoms with Gasteiger partial charge in [-0.15, -0.1) is 0 Å². The van der Waals surface area contributed by atoms with Gasteiger partial charge in [-0.1, -0.05) is 30.3 Å². The molecule has 0 spiro atoms. The van der Waals surface area contributed by atoms with Crippen molar-refractivity contribution >= 4 is 6.09 Å². The lowest BCUT2D eigenvalue weighted by Gasteiger charge is -2.15. The van der Waals surface area contributed by atoms with E-state index in [2.05, 4.69) is 10.3 Å². The van der Waals surface area contributed by atoms with Crippen LogP contribution in [0.25, 0.3) is 0 Å². The fourth-order valence-corrected chi connectivity index (χ4v) is 2.39. The molecule has 1 aromatic heterocycles. The highest BCUT2D eigenvalue weighted by Crippen LogP contribution is 2.35. The van der Waals surface area contributed by atoms with Gasteiger partial charge in [0.05, 0.1) is 13.0 Å². The average molecular weight is 299 g/mol. The van der Waals surface area contributed by atoms with E-state index in [1.807, 2.05) is 30.3 Å². The molecule has 5 heteroatoms. The lowest BCUT2D eigenvalue weighted by atomic mass is 10.0. The van der Waals surface area contributed by atoms with Crippen molar-refractivity contribution in [2.24, 2.45) is 0 Å². The van der Waals surface area contributed by atoms with Crippen molar-refractivity contribution in [1.29, 1.82) is 0 Å². The van der Waals surface area contributed by atoms with Crippen LogP contribution < -0.4 is 10.1 Å². The first-order chi connectivity index (χ1) is 11.1. The Morgan fingerprint density at radius 2 is 2.18 bits per heavy atom. The standard InChI is InChI=1S/C17H18N2O3/c1-12-14(16-15(22-12)8-5-9-18-16)10-19-17(20)21-11-13-6-3-2-4-7-13/h2-9,12,14H,10-11H2,1H3,(H,19,20)/t12-,14-/m1/s1/i12D. The number of pyridine rings is 1. The van der Waals surface area contributed by atoms with Gasteiger partial charge in [-0.3, -0.25) is 4.98 Å². The van der Waals surface area contributed by atoms with Crippen LogP contribution in [0.5, 0.6) is 5.75 Å². The molecule has 0 radical (unpaired) electrons. The van der Waals surface area contributed by atoms with Gasteiger partial charge in [0.15, 0.2) is 0 Å². The van der Waals surface area contributed by atoms with Crippen LogP contribution >= 0.6 is 0 Å². The third-order valence-electron chi connectivity index (χ3n) is 3.55. The SMILES string of the molecule is [2H][C@]1(C)Oc2cccnc2[C@@H]1CNC(=O)OCc1ccccc1. The molecule has 1 aliphatic heterocycles. The second-order valence-corrected chi connectivity index (χ2v) is 5.09. The molecule has 22 heavy (non-hydrogen) atoms. The summed E-state index contributed by atoms with van der Waals surface area (Å²) in [6, 6.07) is 13.0. The zero-order valence-electron chi connectivity index (χ0n) is 13.3. The zero-order chi connectivity index (χ0) is 16.3. The van der Waals surface area contributed by atoms with E-state index in [0.29, 0.717) is 11.4 Å². The first-order valence-electron chi connectivity index (χ1n) is 7.65. The largest absolute Gasteiger partial charge is 0.488 e. The summed E-state index contributed by atoms with van der Waals surface area (Å²) in [5.74, 6) is 0.248. The van der Waals surface area contributed by atoms with Crippen LogP contribution in [0.4, 0.5) is 4.79 Å². The Labute approximate surface area is 130 Å². The summed E-state index contributed by atoms with van der Waals surface area (Å²) in [6.45, 7) is 2.11. The molecule has 5 nitrogen and oxygen atoms in total. The third-order valence-corrected chi connectivity index (χ3v) is 3.55. The minimum atomic E-state index is -1.16. The Morgan fingerprint density at radius 1 is 1.36 bits per heavy atom. The van der Waals surface area contributed by atoms with Gasteiger partial charge < -0.3 is 14.8 Å².